The molecule has 3 rings (SSSR count). The molecule has 2 amide bonds. The van der Waals surface area contributed by atoms with Crippen LogP contribution in [0.2, 0.25) is 0 Å². The maximum absolute atomic E-state index is 13.3. The van der Waals surface area contributed by atoms with Gasteiger partial charge in [-0.2, -0.15) is 0 Å². The van der Waals surface area contributed by atoms with Crippen molar-refractivity contribution >= 4 is 38.5 Å². The fourth-order valence-electron chi connectivity index (χ4n) is 3.72. The summed E-state index contributed by atoms with van der Waals surface area (Å²) in [6, 6.07) is 21.7. The van der Waals surface area contributed by atoms with Crippen LogP contribution in [0.4, 0.5) is 0 Å². The van der Waals surface area contributed by atoms with Gasteiger partial charge in [-0.05, 0) is 61.2 Å². The molecule has 0 aliphatic carbocycles. The number of fused-ring (bicyclic) bond motifs is 1. The molecule has 0 heterocycles. The number of benzene rings is 3. The van der Waals surface area contributed by atoms with Gasteiger partial charge in [0.25, 0.3) is 0 Å². The summed E-state index contributed by atoms with van der Waals surface area (Å²) < 4.78 is 0.951. The summed E-state index contributed by atoms with van der Waals surface area (Å²) in [6.45, 7) is 6.03. The van der Waals surface area contributed by atoms with Gasteiger partial charge in [0, 0.05) is 23.5 Å². The topological polar surface area (TPSA) is 49.4 Å². The van der Waals surface area contributed by atoms with E-state index in [1.165, 1.54) is 10.8 Å². The quantitative estimate of drug-likeness (QED) is 0.464. The molecule has 0 aromatic heterocycles. The number of carbonyl (C=O) groups is 2. The predicted molar refractivity (Wildman–Crippen MR) is 130 cm³/mol. The lowest BCUT2D eigenvalue weighted by Gasteiger charge is -2.29. The Hall–Kier alpha value is -2.66. The van der Waals surface area contributed by atoms with Crippen LogP contribution in [0.3, 0.4) is 0 Å². The Bertz CT molecular complexity index is 1060. The van der Waals surface area contributed by atoms with Gasteiger partial charge in [-0.15, -0.1) is 0 Å². The van der Waals surface area contributed by atoms with E-state index in [9.17, 15) is 9.59 Å². The minimum absolute atomic E-state index is 0.0217. The number of hydrogen-bond acceptors (Lipinski definition) is 2. The van der Waals surface area contributed by atoms with E-state index in [-0.39, 0.29) is 17.9 Å². The van der Waals surface area contributed by atoms with Crippen molar-refractivity contribution in [3.8, 4) is 0 Å². The molecule has 1 atom stereocenters. The zero-order valence-electron chi connectivity index (χ0n) is 18.3. The highest BCUT2D eigenvalue weighted by Crippen LogP contribution is 2.21. The van der Waals surface area contributed by atoms with Gasteiger partial charge in [0.1, 0.15) is 6.04 Å². The van der Waals surface area contributed by atoms with E-state index in [1.807, 2.05) is 56.3 Å². The third-order valence-electron chi connectivity index (χ3n) is 5.33. The van der Waals surface area contributed by atoms with Gasteiger partial charge in [-0.3, -0.25) is 9.59 Å². The maximum atomic E-state index is 13.3. The molecule has 0 aliphatic heterocycles. The van der Waals surface area contributed by atoms with Crippen molar-refractivity contribution in [2.45, 2.75) is 52.2 Å². The molecule has 0 fully saturated rings. The Kier molecular flexibility index (Phi) is 7.85. The summed E-state index contributed by atoms with van der Waals surface area (Å²) in [5.74, 6) is -0.164. The third-order valence-corrected chi connectivity index (χ3v) is 5.82. The molecule has 0 saturated carbocycles. The average molecular weight is 481 g/mol. The van der Waals surface area contributed by atoms with Crippen molar-refractivity contribution in [3.63, 3.8) is 0 Å². The Labute approximate surface area is 192 Å². The fourth-order valence-corrected chi connectivity index (χ4v) is 4.16. The first-order chi connectivity index (χ1) is 14.8. The summed E-state index contributed by atoms with van der Waals surface area (Å²) in [7, 11) is 0. The Balaban J connectivity index is 1.79. The number of aryl methyl sites for hydroxylation is 1. The van der Waals surface area contributed by atoms with Crippen LogP contribution in [0.15, 0.2) is 71.2 Å². The molecule has 5 heteroatoms. The molecular weight excluding hydrogens is 452 g/mol. The van der Waals surface area contributed by atoms with Gasteiger partial charge >= 0.3 is 0 Å². The van der Waals surface area contributed by atoms with Crippen molar-refractivity contribution in [1.82, 2.24) is 10.2 Å². The monoisotopic (exact) mass is 480 g/mol. The van der Waals surface area contributed by atoms with Crippen LogP contribution in [0.5, 0.6) is 0 Å². The molecule has 0 radical (unpaired) electrons. The zero-order chi connectivity index (χ0) is 22.4. The number of nitrogens with one attached hydrogen (secondary N) is 1. The summed E-state index contributed by atoms with van der Waals surface area (Å²) in [5, 5.41) is 5.27. The van der Waals surface area contributed by atoms with E-state index in [0.717, 1.165) is 15.6 Å². The Morgan fingerprint density at radius 1 is 0.968 bits per heavy atom. The molecule has 1 N–H and O–H groups in total. The zero-order valence-corrected chi connectivity index (χ0v) is 19.9. The van der Waals surface area contributed by atoms with Gasteiger partial charge in [-0.1, -0.05) is 70.5 Å². The molecule has 3 aromatic carbocycles. The molecule has 3 aromatic rings. The Morgan fingerprint density at radius 2 is 1.68 bits per heavy atom. The highest BCUT2D eigenvalue weighted by Gasteiger charge is 2.26. The van der Waals surface area contributed by atoms with Crippen LogP contribution >= 0.6 is 15.9 Å². The average Bonchev–Trinajstić information content (AvgIpc) is 2.75. The lowest BCUT2D eigenvalue weighted by Crippen LogP contribution is -2.49. The van der Waals surface area contributed by atoms with Crippen molar-refractivity contribution in [1.29, 1.82) is 0 Å². The minimum atomic E-state index is -0.554. The van der Waals surface area contributed by atoms with Crippen LogP contribution in [-0.2, 0) is 22.6 Å². The first kappa shape index (κ1) is 23.0. The second kappa shape index (κ2) is 10.6. The molecule has 1 unspecified atom stereocenters. The molecule has 31 heavy (non-hydrogen) atoms. The number of hydrogen-bond donors (Lipinski definition) is 1. The van der Waals surface area contributed by atoms with E-state index < -0.39 is 6.04 Å². The van der Waals surface area contributed by atoms with E-state index in [2.05, 4.69) is 45.5 Å². The van der Waals surface area contributed by atoms with Crippen LogP contribution in [0.1, 0.15) is 38.3 Å². The number of carbonyl (C=O) groups excluding carboxylic acids is 2. The molecule has 4 nitrogen and oxygen atoms in total. The molecule has 0 aliphatic rings. The first-order valence-corrected chi connectivity index (χ1v) is 11.5. The van der Waals surface area contributed by atoms with Crippen molar-refractivity contribution < 1.29 is 9.59 Å². The van der Waals surface area contributed by atoms with Gasteiger partial charge in [0.15, 0.2) is 0 Å². The lowest BCUT2D eigenvalue weighted by atomic mass is 10.0. The molecule has 0 saturated heterocycles. The maximum Gasteiger partial charge on any atom is 0.242 e. The van der Waals surface area contributed by atoms with E-state index in [4.69, 9.17) is 0 Å². The predicted octanol–water partition coefficient (Wildman–Crippen LogP) is 5.48. The number of nitrogens with zero attached hydrogens (tertiary/aromatic N) is 1. The van der Waals surface area contributed by atoms with E-state index in [1.54, 1.807) is 11.8 Å². The van der Waals surface area contributed by atoms with Crippen LogP contribution in [-0.4, -0.2) is 28.8 Å². The number of amides is 2. The van der Waals surface area contributed by atoms with Crippen molar-refractivity contribution in [2.75, 3.05) is 0 Å². The van der Waals surface area contributed by atoms with Crippen LogP contribution < -0.4 is 5.32 Å². The number of halogens is 1. The fraction of sp³-hybridized carbons (Fsp3) is 0.308. The summed E-state index contributed by atoms with van der Waals surface area (Å²) in [5.41, 5.74) is 2.13. The summed E-state index contributed by atoms with van der Waals surface area (Å²) in [6.07, 6.45) is 0.981. The SMILES string of the molecule is CC(C)NC(=O)C(C)N(Cc1cccc(Br)c1)C(=O)CCc1cccc2ccccc12. The Morgan fingerprint density at radius 3 is 2.42 bits per heavy atom. The molecule has 0 bridgehead atoms. The standard InChI is InChI=1S/C26H29BrN2O2/c1-18(2)28-26(31)19(3)29(17-20-8-6-12-23(27)16-20)25(30)15-14-22-11-7-10-21-9-4-5-13-24(21)22/h4-13,16,18-19H,14-15,17H2,1-3H3,(H,28,31). The summed E-state index contributed by atoms with van der Waals surface area (Å²) >= 11 is 3.49. The smallest absolute Gasteiger partial charge is 0.242 e. The normalized spacial score (nSPS) is 12.0. The van der Waals surface area contributed by atoms with Gasteiger partial charge in [0.05, 0.1) is 0 Å². The van der Waals surface area contributed by atoms with Crippen LogP contribution in [0, 0.1) is 0 Å². The van der Waals surface area contributed by atoms with Gasteiger partial charge < -0.3 is 10.2 Å². The molecule has 0 spiro atoms. The van der Waals surface area contributed by atoms with Crippen LogP contribution in [0.25, 0.3) is 10.8 Å². The van der Waals surface area contributed by atoms with E-state index in [0.29, 0.717) is 19.4 Å². The highest BCUT2D eigenvalue weighted by molar-refractivity contribution is 9.10. The second-order valence-corrected chi connectivity index (χ2v) is 9.04. The van der Waals surface area contributed by atoms with Gasteiger partial charge in [-0.25, -0.2) is 0 Å². The third kappa shape index (κ3) is 6.17. The number of rotatable bonds is 8. The van der Waals surface area contributed by atoms with Gasteiger partial charge in [0.2, 0.25) is 11.8 Å². The lowest BCUT2D eigenvalue weighted by molar-refractivity contribution is -0.140. The van der Waals surface area contributed by atoms with Crippen molar-refractivity contribution in [3.05, 3.63) is 82.3 Å². The largest absolute Gasteiger partial charge is 0.352 e. The van der Waals surface area contributed by atoms with E-state index >= 15 is 0 Å². The second-order valence-electron chi connectivity index (χ2n) is 8.13. The molecular formula is C26H29BrN2O2. The van der Waals surface area contributed by atoms with Crippen molar-refractivity contribution in [2.24, 2.45) is 0 Å². The first-order valence-electron chi connectivity index (χ1n) is 10.7. The highest BCUT2D eigenvalue weighted by atomic mass is 79.9. The summed E-state index contributed by atoms with van der Waals surface area (Å²) in [4.78, 5) is 27.7. The minimum Gasteiger partial charge on any atom is -0.352 e. The molecule has 162 valence electrons.